The van der Waals surface area contributed by atoms with Crippen LogP contribution in [0.15, 0.2) is 24.4 Å². The number of carbonyl (C=O) groups is 1. The van der Waals surface area contributed by atoms with E-state index in [1.54, 1.807) is 12.3 Å². The number of allylic oxidation sites excluding steroid dienone is 2. The summed E-state index contributed by atoms with van der Waals surface area (Å²) in [6.07, 6.45) is 7.27. The molecule has 0 fully saturated rings. The van der Waals surface area contributed by atoms with Crippen LogP contribution in [-0.4, -0.2) is 18.1 Å². The Hall–Kier alpha value is -1.25. The second-order valence-corrected chi connectivity index (χ2v) is 1.57. The van der Waals surface area contributed by atoms with Gasteiger partial charge in [0.1, 0.15) is 0 Å². The quantitative estimate of drug-likeness (QED) is 0.502. The summed E-state index contributed by atoms with van der Waals surface area (Å²) in [6, 6.07) is 0. The summed E-state index contributed by atoms with van der Waals surface area (Å²) < 4.78 is 0. The van der Waals surface area contributed by atoms with Gasteiger partial charge in [-0.25, -0.2) is 5.06 Å². The number of hydrogen-bond donors (Lipinski definition) is 0. The van der Waals surface area contributed by atoms with Crippen LogP contribution in [0.4, 0.5) is 0 Å². The van der Waals surface area contributed by atoms with E-state index in [9.17, 15) is 4.79 Å². The fourth-order valence-corrected chi connectivity index (χ4v) is 0.583. The van der Waals surface area contributed by atoms with Crippen LogP contribution in [0.2, 0.25) is 0 Å². The minimum atomic E-state index is 0.406. The van der Waals surface area contributed by atoms with Gasteiger partial charge in [0.05, 0.1) is 6.54 Å². The van der Waals surface area contributed by atoms with Crippen molar-refractivity contribution < 1.29 is 9.63 Å². The molecule has 0 amide bonds. The minimum Gasteiger partial charge on any atom is -0.344 e. The van der Waals surface area contributed by atoms with Crippen molar-refractivity contribution in [1.82, 2.24) is 5.06 Å². The zero-order valence-electron chi connectivity index (χ0n) is 4.86. The zero-order valence-corrected chi connectivity index (χ0v) is 4.86. The van der Waals surface area contributed by atoms with Crippen molar-refractivity contribution in [2.24, 2.45) is 0 Å². The SMILES string of the molecule is O=CON1C=CC=CC1. The fourth-order valence-electron chi connectivity index (χ4n) is 0.583. The molecule has 0 aliphatic carbocycles. The van der Waals surface area contributed by atoms with E-state index < -0.39 is 0 Å². The van der Waals surface area contributed by atoms with Gasteiger partial charge in [0, 0.05) is 6.20 Å². The summed E-state index contributed by atoms with van der Waals surface area (Å²) in [5.74, 6) is 0. The van der Waals surface area contributed by atoms with Crippen LogP contribution >= 0.6 is 0 Å². The molecule has 48 valence electrons. The molecule has 0 spiro atoms. The molecule has 9 heavy (non-hydrogen) atoms. The van der Waals surface area contributed by atoms with Crippen molar-refractivity contribution in [2.75, 3.05) is 6.54 Å². The molecular weight excluding hydrogens is 118 g/mol. The molecule has 1 aliphatic heterocycles. The van der Waals surface area contributed by atoms with Crippen molar-refractivity contribution in [3.63, 3.8) is 0 Å². The molecule has 0 aromatic rings. The second-order valence-electron chi connectivity index (χ2n) is 1.57. The van der Waals surface area contributed by atoms with Gasteiger partial charge in [0.15, 0.2) is 0 Å². The molecule has 3 heteroatoms. The first kappa shape index (κ1) is 5.88. The highest BCUT2D eigenvalue weighted by atomic mass is 16.7. The van der Waals surface area contributed by atoms with Crippen LogP contribution in [0, 0.1) is 0 Å². The van der Waals surface area contributed by atoms with Crippen LogP contribution in [0.1, 0.15) is 0 Å². The second kappa shape index (κ2) is 2.91. The van der Waals surface area contributed by atoms with Gasteiger partial charge in [0.2, 0.25) is 0 Å². The predicted octanol–water partition coefficient (Wildman–Crippen LogP) is 0.460. The first-order valence-electron chi connectivity index (χ1n) is 2.64. The first-order valence-corrected chi connectivity index (χ1v) is 2.64. The van der Waals surface area contributed by atoms with Gasteiger partial charge in [-0.15, -0.1) is 0 Å². The maximum atomic E-state index is 9.75. The predicted molar refractivity (Wildman–Crippen MR) is 32.1 cm³/mol. The highest BCUT2D eigenvalue weighted by Gasteiger charge is 1.95. The number of rotatable bonds is 2. The number of carbonyl (C=O) groups excluding carboxylic acids is 1. The molecule has 0 unspecified atom stereocenters. The lowest BCUT2D eigenvalue weighted by Gasteiger charge is -2.15. The normalized spacial score (nSPS) is 15.8. The summed E-state index contributed by atoms with van der Waals surface area (Å²) in [5, 5.41) is 1.44. The monoisotopic (exact) mass is 125 g/mol. The maximum Gasteiger partial charge on any atom is 0.320 e. The van der Waals surface area contributed by atoms with Crippen molar-refractivity contribution >= 4 is 6.47 Å². The molecule has 1 aliphatic rings. The third-order valence-corrected chi connectivity index (χ3v) is 0.963. The molecule has 0 radical (unpaired) electrons. The van der Waals surface area contributed by atoms with Gasteiger partial charge in [-0.05, 0) is 6.08 Å². The molecule has 0 bridgehead atoms. The van der Waals surface area contributed by atoms with E-state index in [-0.39, 0.29) is 0 Å². The largest absolute Gasteiger partial charge is 0.344 e. The van der Waals surface area contributed by atoms with E-state index >= 15 is 0 Å². The van der Waals surface area contributed by atoms with Crippen LogP contribution in [-0.2, 0) is 9.63 Å². The topological polar surface area (TPSA) is 29.5 Å². The van der Waals surface area contributed by atoms with Gasteiger partial charge < -0.3 is 4.84 Å². The molecule has 0 saturated carbocycles. The lowest BCUT2D eigenvalue weighted by Crippen LogP contribution is -2.18. The molecular formula is C6H7NO2. The van der Waals surface area contributed by atoms with Crippen LogP contribution < -0.4 is 0 Å². The highest BCUT2D eigenvalue weighted by molar-refractivity contribution is 5.36. The lowest BCUT2D eigenvalue weighted by atomic mass is 10.4. The van der Waals surface area contributed by atoms with Gasteiger partial charge >= 0.3 is 6.47 Å². The standard InChI is InChI=1S/C6H7NO2/c8-6-9-7-4-2-1-3-5-7/h1-4,6H,5H2. The van der Waals surface area contributed by atoms with Crippen LogP contribution in [0.5, 0.6) is 0 Å². The smallest absolute Gasteiger partial charge is 0.320 e. The Kier molecular flexibility index (Phi) is 1.90. The van der Waals surface area contributed by atoms with Gasteiger partial charge in [-0.2, -0.15) is 0 Å². The van der Waals surface area contributed by atoms with Crippen molar-refractivity contribution in [2.45, 2.75) is 0 Å². The Morgan fingerprint density at radius 2 is 2.44 bits per heavy atom. The number of hydroxylamine groups is 2. The Bertz CT molecular complexity index is 149. The van der Waals surface area contributed by atoms with Gasteiger partial charge in [0.25, 0.3) is 0 Å². The molecule has 0 aromatic heterocycles. The maximum absolute atomic E-state index is 9.75. The Morgan fingerprint density at radius 1 is 1.56 bits per heavy atom. The fraction of sp³-hybridized carbons (Fsp3) is 0.167. The van der Waals surface area contributed by atoms with E-state index in [0.717, 1.165) is 0 Å². The van der Waals surface area contributed by atoms with Crippen LogP contribution in [0.3, 0.4) is 0 Å². The summed E-state index contributed by atoms with van der Waals surface area (Å²) in [5.41, 5.74) is 0. The average molecular weight is 125 g/mol. The lowest BCUT2D eigenvalue weighted by molar-refractivity contribution is -0.159. The Labute approximate surface area is 53.2 Å². The zero-order chi connectivity index (χ0) is 6.53. The minimum absolute atomic E-state index is 0.406. The van der Waals surface area contributed by atoms with Crippen molar-refractivity contribution in [3.05, 3.63) is 24.4 Å². The number of nitrogens with zero attached hydrogens (tertiary/aromatic N) is 1. The molecule has 1 heterocycles. The van der Waals surface area contributed by atoms with Gasteiger partial charge in [-0.3, -0.25) is 4.79 Å². The third-order valence-electron chi connectivity index (χ3n) is 0.963. The average Bonchev–Trinajstić information content (AvgIpc) is 1.91. The van der Waals surface area contributed by atoms with Gasteiger partial charge in [-0.1, -0.05) is 12.2 Å². The summed E-state index contributed by atoms with van der Waals surface area (Å²) >= 11 is 0. The van der Waals surface area contributed by atoms with E-state index in [4.69, 9.17) is 0 Å². The Balaban J connectivity index is 2.36. The molecule has 3 nitrogen and oxygen atoms in total. The summed E-state index contributed by atoms with van der Waals surface area (Å²) in [6.45, 7) is 1.04. The van der Waals surface area contributed by atoms with E-state index in [1.165, 1.54) is 5.06 Å². The van der Waals surface area contributed by atoms with E-state index in [1.807, 2.05) is 12.2 Å². The highest BCUT2D eigenvalue weighted by Crippen LogP contribution is 1.96. The van der Waals surface area contributed by atoms with Crippen molar-refractivity contribution in [3.8, 4) is 0 Å². The Morgan fingerprint density at radius 3 is 3.00 bits per heavy atom. The summed E-state index contributed by atoms with van der Waals surface area (Å²) in [4.78, 5) is 14.2. The van der Waals surface area contributed by atoms with E-state index in [2.05, 4.69) is 4.84 Å². The molecule has 1 rings (SSSR count). The number of hydrogen-bond acceptors (Lipinski definition) is 3. The molecule has 0 atom stereocenters. The third kappa shape index (κ3) is 1.60. The molecule has 0 N–H and O–H groups in total. The molecule has 0 saturated heterocycles. The van der Waals surface area contributed by atoms with Crippen molar-refractivity contribution in [1.29, 1.82) is 0 Å². The molecule has 0 aromatic carbocycles. The van der Waals surface area contributed by atoms with Crippen LogP contribution in [0.25, 0.3) is 0 Å². The van der Waals surface area contributed by atoms with E-state index in [0.29, 0.717) is 13.0 Å². The summed E-state index contributed by atoms with van der Waals surface area (Å²) in [7, 11) is 0. The first-order chi connectivity index (χ1) is 4.43.